The highest BCUT2D eigenvalue weighted by Gasteiger charge is 2.02. The molecule has 0 saturated carbocycles. The molecule has 0 radical (unpaired) electrons. The highest BCUT2D eigenvalue weighted by atomic mass is 35.5. The molecule has 1 atom stereocenters. The highest BCUT2D eigenvalue weighted by Crippen LogP contribution is 2.26. The monoisotopic (exact) mass is 257 g/mol. The predicted octanol–water partition coefficient (Wildman–Crippen LogP) is 1.46. The largest absolute Gasteiger partial charge is 0.495 e. The van der Waals surface area contributed by atoms with Gasteiger partial charge in [0.1, 0.15) is 5.75 Å². The van der Waals surface area contributed by atoms with Gasteiger partial charge in [0, 0.05) is 5.69 Å². The molecule has 0 bridgehead atoms. The van der Waals surface area contributed by atoms with Gasteiger partial charge in [0.25, 0.3) is 0 Å². The molecule has 0 heterocycles. The molecular formula is C11H16ClN3O2. The number of nitrogens with zero attached hydrogens (tertiary/aromatic N) is 1. The molecule has 0 amide bonds. The molecule has 0 aliphatic carbocycles. The van der Waals surface area contributed by atoms with Crippen molar-refractivity contribution in [1.29, 1.82) is 0 Å². The maximum absolute atomic E-state index is 9.05. The number of anilines is 1. The van der Waals surface area contributed by atoms with Crippen LogP contribution in [0, 0.1) is 0 Å². The normalized spacial score (nSPS) is 13.3. The Morgan fingerprint density at radius 3 is 2.88 bits per heavy atom. The Balaban J connectivity index is 2.69. The number of ether oxygens (including phenoxy) is 1. The predicted molar refractivity (Wildman–Crippen MR) is 69.8 cm³/mol. The summed E-state index contributed by atoms with van der Waals surface area (Å²) in [7, 11) is 1.55. The Morgan fingerprint density at radius 1 is 1.65 bits per heavy atom. The molecule has 0 aliphatic rings. The van der Waals surface area contributed by atoms with Crippen molar-refractivity contribution in [2.75, 3.05) is 19.0 Å². The molecule has 0 aromatic heterocycles. The number of guanidine groups is 1. The van der Waals surface area contributed by atoms with Crippen LogP contribution in [-0.4, -0.2) is 30.8 Å². The summed E-state index contributed by atoms with van der Waals surface area (Å²) in [4.78, 5) is 3.95. The van der Waals surface area contributed by atoms with E-state index < -0.39 is 6.10 Å². The van der Waals surface area contributed by atoms with E-state index in [2.05, 4.69) is 10.3 Å². The molecule has 0 fully saturated rings. The minimum Gasteiger partial charge on any atom is -0.495 e. The summed E-state index contributed by atoms with van der Waals surface area (Å²) < 4.78 is 5.03. The van der Waals surface area contributed by atoms with Gasteiger partial charge in [-0.05, 0) is 25.1 Å². The average molecular weight is 258 g/mol. The van der Waals surface area contributed by atoms with Crippen LogP contribution in [0.5, 0.6) is 5.75 Å². The van der Waals surface area contributed by atoms with E-state index in [1.807, 2.05) is 0 Å². The molecule has 0 saturated heterocycles. The first kappa shape index (κ1) is 13.6. The maximum atomic E-state index is 9.05. The average Bonchev–Trinajstić information content (AvgIpc) is 2.26. The van der Waals surface area contributed by atoms with Crippen molar-refractivity contribution in [2.45, 2.75) is 13.0 Å². The Morgan fingerprint density at radius 2 is 2.35 bits per heavy atom. The number of nitrogens with two attached hydrogens (primary N) is 1. The lowest BCUT2D eigenvalue weighted by Crippen LogP contribution is -2.24. The number of aliphatic imine (C=N–C) groups is 1. The molecule has 4 N–H and O–H groups in total. The third-order valence-electron chi connectivity index (χ3n) is 1.95. The van der Waals surface area contributed by atoms with Crippen LogP contribution in [0.1, 0.15) is 6.92 Å². The van der Waals surface area contributed by atoms with Gasteiger partial charge in [-0.25, -0.2) is 0 Å². The van der Waals surface area contributed by atoms with Crippen molar-refractivity contribution in [1.82, 2.24) is 0 Å². The molecule has 17 heavy (non-hydrogen) atoms. The van der Waals surface area contributed by atoms with Crippen LogP contribution in [-0.2, 0) is 0 Å². The van der Waals surface area contributed by atoms with Crippen molar-refractivity contribution in [2.24, 2.45) is 10.7 Å². The summed E-state index contributed by atoms with van der Waals surface area (Å²) in [6.07, 6.45) is -0.519. The number of hydrogen-bond donors (Lipinski definition) is 3. The number of methoxy groups -OCH3 is 1. The van der Waals surface area contributed by atoms with E-state index in [0.29, 0.717) is 16.5 Å². The first-order chi connectivity index (χ1) is 8.02. The molecule has 5 nitrogen and oxygen atoms in total. The first-order valence-corrected chi connectivity index (χ1v) is 5.49. The number of rotatable bonds is 4. The smallest absolute Gasteiger partial charge is 0.193 e. The molecule has 0 aliphatic heterocycles. The van der Waals surface area contributed by atoms with Crippen LogP contribution in [0.4, 0.5) is 5.69 Å². The number of aliphatic hydroxyl groups is 1. The minimum absolute atomic E-state index is 0.229. The van der Waals surface area contributed by atoms with E-state index >= 15 is 0 Å². The second-order valence-corrected chi connectivity index (χ2v) is 3.96. The van der Waals surface area contributed by atoms with Gasteiger partial charge in [-0.1, -0.05) is 11.6 Å². The lowest BCUT2D eigenvalue weighted by Gasteiger charge is -2.08. The van der Waals surface area contributed by atoms with Crippen LogP contribution >= 0.6 is 11.6 Å². The van der Waals surface area contributed by atoms with Crippen molar-refractivity contribution in [3.63, 3.8) is 0 Å². The number of hydrogen-bond acceptors (Lipinski definition) is 3. The van der Waals surface area contributed by atoms with Crippen LogP contribution in [0.3, 0.4) is 0 Å². The Bertz CT molecular complexity index is 408. The summed E-state index contributed by atoms with van der Waals surface area (Å²) in [5.41, 5.74) is 6.34. The third-order valence-corrected chi connectivity index (χ3v) is 2.25. The zero-order chi connectivity index (χ0) is 12.8. The van der Waals surface area contributed by atoms with Gasteiger partial charge in [0.15, 0.2) is 5.96 Å². The van der Waals surface area contributed by atoms with Gasteiger partial charge in [0.05, 0.1) is 24.8 Å². The number of halogens is 1. The molecule has 1 unspecified atom stereocenters. The molecule has 0 spiro atoms. The number of aliphatic hydroxyl groups excluding tert-OH is 1. The van der Waals surface area contributed by atoms with Gasteiger partial charge in [-0.15, -0.1) is 0 Å². The van der Waals surface area contributed by atoms with Crippen molar-refractivity contribution < 1.29 is 9.84 Å². The fraction of sp³-hybridized carbons (Fsp3) is 0.364. The van der Waals surface area contributed by atoms with Gasteiger partial charge < -0.3 is 20.9 Å². The van der Waals surface area contributed by atoms with Gasteiger partial charge in [-0.2, -0.15) is 0 Å². The lowest BCUT2D eigenvalue weighted by atomic mass is 10.3. The lowest BCUT2D eigenvalue weighted by molar-refractivity contribution is 0.204. The molecule has 1 aromatic carbocycles. The van der Waals surface area contributed by atoms with E-state index in [1.54, 1.807) is 32.2 Å². The van der Waals surface area contributed by atoms with Crippen LogP contribution < -0.4 is 15.8 Å². The highest BCUT2D eigenvalue weighted by molar-refractivity contribution is 6.32. The summed E-state index contributed by atoms with van der Waals surface area (Å²) in [6, 6.07) is 5.19. The van der Waals surface area contributed by atoms with E-state index in [9.17, 15) is 0 Å². The summed E-state index contributed by atoms with van der Waals surface area (Å²) in [5, 5.41) is 12.4. The van der Waals surface area contributed by atoms with Crippen LogP contribution in [0.25, 0.3) is 0 Å². The Kier molecular flexibility index (Phi) is 5.06. The first-order valence-electron chi connectivity index (χ1n) is 5.11. The molecular weight excluding hydrogens is 242 g/mol. The van der Waals surface area contributed by atoms with Gasteiger partial charge in [0.2, 0.25) is 0 Å². The van der Waals surface area contributed by atoms with Crippen molar-refractivity contribution in [3.05, 3.63) is 23.2 Å². The molecule has 94 valence electrons. The SMILES string of the molecule is COc1ccc(NC(N)=NCC(C)O)cc1Cl. The fourth-order valence-corrected chi connectivity index (χ4v) is 1.42. The standard InChI is InChI=1S/C11H16ClN3O2/c1-7(16)6-14-11(13)15-8-3-4-10(17-2)9(12)5-8/h3-5,7,16H,6H2,1-2H3,(H3,13,14,15). The quantitative estimate of drug-likeness (QED) is 0.564. The van der Waals surface area contributed by atoms with Gasteiger partial charge in [-0.3, -0.25) is 4.99 Å². The Hall–Kier alpha value is -1.46. The molecule has 6 heteroatoms. The van der Waals surface area contributed by atoms with E-state index in [4.69, 9.17) is 27.2 Å². The topological polar surface area (TPSA) is 79.9 Å². The summed E-state index contributed by atoms with van der Waals surface area (Å²) in [6.45, 7) is 1.89. The maximum Gasteiger partial charge on any atom is 0.193 e. The van der Waals surface area contributed by atoms with E-state index in [1.165, 1.54) is 0 Å². The second kappa shape index (κ2) is 6.32. The third kappa shape index (κ3) is 4.50. The van der Waals surface area contributed by atoms with Crippen molar-refractivity contribution in [3.8, 4) is 5.75 Å². The van der Waals surface area contributed by atoms with Crippen LogP contribution in [0.2, 0.25) is 5.02 Å². The number of nitrogens with one attached hydrogen (secondary N) is 1. The van der Waals surface area contributed by atoms with E-state index in [-0.39, 0.29) is 12.5 Å². The van der Waals surface area contributed by atoms with Gasteiger partial charge >= 0.3 is 0 Å². The minimum atomic E-state index is -0.519. The van der Waals surface area contributed by atoms with Crippen molar-refractivity contribution >= 4 is 23.2 Å². The second-order valence-electron chi connectivity index (χ2n) is 3.55. The zero-order valence-corrected chi connectivity index (χ0v) is 10.5. The fourth-order valence-electron chi connectivity index (χ4n) is 1.16. The summed E-state index contributed by atoms with van der Waals surface area (Å²) >= 11 is 5.95. The van der Waals surface area contributed by atoms with E-state index in [0.717, 1.165) is 0 Å². The number of benzene rings is 1. The summed E-state index contributed by atoms with van der Waals surface area (Å²) in [5.74, 6) is 0.823. The van der Waals surface area contributed by atoms with Crippen LogP contribution in [0.15, 0.2) is 23.2 Å². The zero-order valence-electron chi connectivity index (χ0n) is 9.77. The molecule has 1 aromatic rings. The Labute approximate surface area is 105 Å². The molecule has 1 rings (SSSR count).